The van der Waals surface area contributed by atoms with Crippen molar-refractivity contribution in [3.8, 4) is 0 Å². The number of nitrogens with one attached hydrogen (secondary N) is 3. The number of aromatic nitrogens is 2. The van der Waals surface area contributed by atoms with Gasteiger partial charge in [-0.3, -0.25) is 15.4 Å². The number of aryl methyl sites for hydroxylation is 1. The summed E-state index contributed by atoms with van der Waals surface area (Å²) in [7, 11) is 0. The number of carbonyl (C=O) groups excluding carboxylic acids is 1. The van der Waals surface area contributed by atoms with Gasteiger partial charge in [-0.2, -0.15) is 5.10 Å². The highest BCUT2D eigenvalue weighted by Crippen LogP contribution is 2.37. The first-order chi connectivity index (χ1) is 14.2. The molecule has 1 saturated carbocycles. The summed E-state index contributed by atoms with van der Waals surface area (Å²) >= 11 is 0. The molecule has 0 spiro atoms. The average Bonchev–Trinajstić information content (AvgIpc) is 3.09. The smallest absolute Gasteiger partial charge is 0.315 e. The summed E-state index contributed by atoms with van der Waals surface area (Å²) in [5.41, 5.74) is 9.47. The van der Waals surface area contributed by atoms with Crippen LogP contribution in [-0.4, -0.2) is 33.8 Å². The van der Waals surface area contributed by atoms with Gasteiger partial charge in [-0.1, -0.05) is 12.1 Å². The SMILES string of the molecule is Cc1ccc(C2=C3CC[C@@H]4NC(=O)N[C@@H]4CCC3C(c3ccccn3)=NN2)nc1. The topological polar surface area (TPSA) is 91.3 Å². The first-order valence-corrected chi connectivity index (χ1v) is 10.2. The summed E-state index contributed by atoms with van der Waals surface area (Å²) in [6.45, 7) is 2.04. The molecule has 2 aromatic heterocycles. The number of pyridine rings is 2. The number of hydrazone groups is 1. The van der Waals surface area contributed by atoms with Crippen molar-refractivity contribution in [2.24, 2.45) is 11.0 Å². The van der Waals surface area contributed by atoms with Crippen LogP contribution in [0.3, 0.4) is 0 Å². The molecule has 7 nitrogen and oxygen atoms in total. The molecule has 2 amide bonds. The highest BCUT2D eigenvalue weighted by molar-refractivity contribution is 6.04. The maximum atomic E-state index is 11.9. The second-order valence-electron chi connectivity index (χ2n) is 7.94. The van der Waals surface area contributed by atoms with Gasteiger partial charge in [-0.25, -0.2) is 4.79 Å². The van der Waals surface area contributed by atoms with Crippen molar-refractivity contribution in [3.63, 3.8) is 0 Å². The Morgan fingerprint density at radius 1 is 0.966 bits per heavy atom. The van der Waals surface area contributed by atoms with Gasteiger partial charge in [-0.15, -0.1) is 0 Å². The van der Waals surface area contributed by atoms with Gasteiger partial charge < -0.3 is 10.6 Å². The number of amides is 2. The van der Waals surface area contributed by atoms with Gasteiger partial charge in [0.05, 0.1) is 34.9 Å². The van der Waals surface area contributed by atoms with E-state index in [2.05, 4.69) is 32.1 Å². The number of hydrogen-bond acceptors (Lipinski definition) is 5. The van der Waals surface area contributed by atoms with Crippen molar-refractivity contribution in [1.29, 1.82) is 0 Å². The lowest BCUT2D eigenvalue weighted by Gasteiger charge is -2.33. The van der Waals surface area contributed by atoms with Crippen LogP contribution in [0, 0.1) is 12.8 Å². The summed E-state index contributed by atoms with van der Waals surface area (Å²) < 4.78 is 0. The molecule has 29 heavy (non-hydrogen) atoms. The molecule has 3 aliphatic rings. The van der Waals surface area contributed by atoms with E-state index in [9.17, 15) is 4.79 Å². The minimum absolute atomic E-state index is 0.0592. The van der Waals surface area contributed by atoms with E-state index < -0.39 is 0 Å². The molecule has 2 aromatic rings. The third-order valence-corrected chi connectivity index (χ3v) is 6.06. The fraction of sp³-hybridized carbons (Fsp3) is 0.364. The Morgan fingerprint density at radius 3 is 2.59 bits per heavy atom. The van der Waals surface area contributed by atoms with E-state index in [1.807, 2.05) is 37.4 Å². The van der Waals surface area contributed by atoms with E-state index in [-0.39, 0.29) is 24.0 Å². The highest BCUT2D eigenvalue weighted by atomic mass is 16.2. The quantitative estimate of drug-likeness (QED) is 0.738. The van der Waals surface area contributed by atoms with Crippen LogP contribution in [-0.2, 0) is 0 Å². The molecule has 0 bridgehead atoms. The number of carbonyl (C=O) groups is 1. The first-order valence-electron chi connectivity index (χ1n) is 10.2. The molecule has 3 atom stereocenters. The largest absolute Gasteiger partial charge is 0.333 e. The Morgan fingerprint density at radius 2 is 1.83 bits per heavy atom. The van der Waals surface area contributed by atoms with Crippen molar-refractivity contribution in [2.75, 3.05) is 0 Å². The lowest BCUT2D eigenvalue weighted by atomic mass is 9.78. The number of fused-ring (bicyclic) bond motifs is 2. The van der Waals surface area contributed by atoms with Crippen LogP contribution in [0.15, 0.2) is 53.4 Å². The van der Waals surface area contributed by atoms with Crippen molar-refractivity contribution in [1.82, 2.24) is 26.0 Å². The molecule has 2 fully saturated rings. The highest BCUT2D eigenvalue weighted by Gasteiger charge is 2.38. The number of hydrogen-bond donors (Lipinski definition) is 3. The Kier molecular flexibility index (Phi) is 4.50. The average molecular weight is 388 g/mol. The van der Waals surface area contributed by atoms with Crippen LogP contribution in [0.25, 0.3) is 5.70 Å². The molecular formula is C22H24N6O. The molecular weight excluding hydrogens is 364 g/mol. The maximum Gasteiger partial charge on any atom is 0.315 e. The fourth-order valence-electron chi connectivity index (χ4n) is 4.59. The van der Waals surface area contributed by atoms with E-state index in [0.717, 1.165) is 54.0 Å². The molecule has 4 heterocycles. The van der Waals surface area contributed by atoms with Crippen LogP contribution in [0.1, 0.15) is 42.6 Å². The molecule has 0 radical (unpaired) electrons. The lowest BCUT2D eigenvalue weighted by Crippen LogP contribution is -2.39. The standard InChI is InChI=1S/C22H24N6O/c1-13-5-8-19(24-12-13)21-15-7-10-17-16(25-22(29)26-17)9-6-14(15)20(27-28-21)18-4-2-3-11-23-18/h2-5,8,11-12,14,16-17,28H,6-7,9-10H2,1H3,(H2,25,26,29)/t14?,16-,17+/m1/s1. The summed E-state index contributed by atoms with van der Waals surface area (Å²) in [5.74, 6) is 0.155. The van der Waals surface area contributed by atoms with Gasteiger partial charge in [0.25, 0.3) is 0 Å². The van der Waals surface area contributed by atoms with Gasteiger partial charge in [0, 0.05) is 18.3 Å². The third kappa shape index (κ3) is 3.37. The van der Waals surface area contributed by atoms with Crippen molar-refractivity contribution in [2.45, 2.75) is 44.7 Å². The zero-order valence-corrected chi connectivity index (χ0v) is 16.4. The zero-order chi connectivity index (χ0) is 19.8. The molecule has 1 saturated heterocycles. The van der Waals surface area contributed by atoms with Crippen LogP contribution in [0.2, 0.25) is 0 Å². The minimum Gasteiger partial charge on any atom is -0.333 e. The monoisotopic (exact) mass is 388 g/mol. The number of rotatable bonds is 2. The van der Waals surface area contributed by atoms with E-state index in [4.69, 9.17) is 5.10 Å². The molecule has 7 heteroatoms. The van der Waals surface area contributed by atoms with Gasteiger partial charge in [0.1, 0.15) is 0 Å². The predicted molar refractivity (Wildman–Crippen MR) is 111 cm³/mol. The van der Waals surface area contributed by atoms with Crippen LogP contribution < -0.4 is 16.1 Å². The Hall–Kier alpha value is -3.22. The minimum atomic E-state index is -0.0592. The molecule has 2 aliphatic heterocycles. The van der Waals surface area contributed by atoms with Crippen molar-refractivity contribution < 1.29 is 4.79 Å². The van der Waals surface area contributed by atoms with Crippen molar-refractivity contribution >= 4 is 17.4 Å². The number of allylic oxidation sites excluding steroid dienone is 1. The van der Waals surface area contributed by atoms with Gasteiger partial charge in [-0.05, 0) is 61.9 Å². The first kappa shape index (κ1) is 17.8. The summed E-state index contributed by atoms with van der Waals surface area (Å²) in [5, 5.41) is 10.9. The second-order valence-corrected chi connectivity index (χ2v) is 7.94. The number of nitrogens with zero attached hydrogens (tertiary/aromatic N) is 3. The van der Waals surface area contributed by atoms with E-state index in [1.165, 1.54) is 5.57 Å². The van der Waals surface area contributed by atoms with Crippen molar-refractivity contribution in [3.05, 3.63) is 65.2 Å². The van der Waals surface area contributed by atoms with E-state index in [1.54, 1.807) is 6.20 Å². The molecule has 1 unspecified atom stereocenters. The van der Waals surface area contributed by atoms with E-state index in [0.29, 0.717) is 0 Å². The lowest BCUT2D eigenvalue weighted by molar-refractivity contribution is 0.246. The van der Waals surface area contributed by atoms with Crippen LogP contribution in [0.4, 0.5) is 4.79 Å². The second kappa shape index (κ2) is 7.31. The molecule has 0 aromatic carbocycles. The summed E-state index contributed by atoms with van der Waals surface area (Å²) in [6.07, 6.45) is 7.26. The van der Waals surface area contributed by atoms with Crippen LogP contribution >= 0.6 is 0 Å². The van der Waals surface area contributed by atoms with Crippen LogP contribution in [0.5, 0.6) is 0 Å². The molecule has 1 aliphatic carbocycles. The summed E-state index contributed by atoms with van der Waals surface area (Å²) in [4.78, 5) is 21.0. The Balaban J connectivity index is 1.55. The fourth-order valence-corrected chi connectivity index (χ4v) is 4.59. The van der Waals surface area contributed by atoms with Gasteiger partial charge in [0.2, 0.25) is 0 Å². The molecule has 3 N–H and O–H groups in total. The van der Waals surface area contributed by atoms with Gasteiger partial charge >= 0.3 is 6.03 Å². The predicted octanol–water partition coefficient (Wildman–Crippen LogP) is 2.74. The Bertz CT molecular complexity index is 982. The maximum absolute atomic E-state index is 11.9. The summed E-state index contributed by atoms with van der Waals surface area (Å²) in [6, 6.07) is 10.3. The van der Waals surface area contributed by atoms with E-state index >= 15 is 0 Å². The number of urea groups is 1. The van der Waals surface area contributed by atoms with Gasteiger partial charge in [0.15, 0.2) is 0 Å². The zero-order valence-electron chi connectivity index (χ0n) is 16.4. The molecule has 148 valence electrons. The normalized spacial score (nSPS) is 26.2. The molecule has 5 rings (SSSR count). The Labute approximate surface area is 169 Å². The third-order valence-electron chi connectivity index (χ3n) is 6.06.